The van der Waals surface area contributed by atoms with Gasteiger partial charge in [0.2, 0.25) is 5.91 Å². The Morgan fingerprint density at radius 3 is 2.93 bits per heavy atom. The fourth-order valence-electron chi connectivity index (χ4n) is 1.60. The maximum absolute atomic E-state index is 11.0. The van der Waals surface area contributed by atoms with E-state index >= 15 is 0 Å². The largest absolute Gasteiger partial charge is 0.378 e. The van der Waals surface area contributed by atoms with Crippen molar-refractivity contribution >= 4 is 5.91 Å². The van der Waals surface area contributed by atoms with Gasteiger partial charge in [-0.05, 0) is 0 Å². The summed E-state index contributed by atoms with van der Waals surface area (Å²) in [4.78, 5) is 11.0. The molecule has 0 saturated carbocycles. The molecule has 1 atom stereocenters. The molecule has 1 saturated heterocycles. The van der Waals surface area contributed by atoms with Crippen LogP contribution in [0.15, 0.2) is 0 Å². The molecule has 0 aliphatic carbocycles. The summed E-state index contributed by atoms with van der Waals surface area (Å²) in [6.45, 7) is 2.80. The van der Waals surface area contributed by atoms with Crippen molar-refractivity contribution in [3.05, 3.63) is 0 Å². The van der Waals surface area contributed by atoms with E-state index in [0.29, 0.717) is 19.6 Å². The maximum atomic E-state index is 11.0. The van der Waals surface area contributed by atoms with Crippen LogP contribution < -0.4 is 10.6 Å². The van der Waals surface area contributed by atoms with Gasteiger partial charge in [-0.3, -0.25) is 4.79 Å². The highest BCUT2D eigenvalue weighted by Crippen LogP contribution is 2.21. The lowest BCUT2D eigenvalue weighted by Crippen LogP contribution is -2.43. The summed E-state index contributed by atoms with van der Waals surface area (Å²) >= 11 is 0. The SMILES string of the molecule is CNC(=O)CCNCC1(OC)CCOC1. The van der Waals surface area contributed by atoms with Crippen molar-refractivity contribution in [2.75, 3.05) is 40.5 Å². The third kappa shape index (κ3) is 3.77. The van der Waals surface area contributed by atoms with Gasteiger partial charge in [-0.25, -0.2) is 0 Å². The van der Waals surface area contributed by atoms with Crippen molar-refractivity contribution in [3.8, 4) is 0 Å². The molecular formula is C10H20N2O3. The van der Waals surface area contributed by atoms with E-state index in [1.165, 1.54) is 0 Å². The van der Waals surface area contributed by atoms with Crippen LogP contribution in [0.25, 0.3) is 0 Å². The number of carbonyl (C=O) groups is 1. The standard InChI is InChI=1S/C10H20N2O3/c1-11-9(13)3-5-12-7-10(14-2)4-6-15-8-10/h12H,3-8H2,1-2H3,(H,11,13). The van der Waals surface area contributed by atoms with Crippen LogP contribution in [-0.2, 0) is 14.3 Å². The van der Waals surface area contributed by atoms with Gasteiger partial charge in [0, 0.05) is 46.7 Å². The van der Waals surface area contributed by atoms with Crippen LogP contribution in [0.1, 0.15) is 12.8 Å². The Hall–Kier alpha value is -0.650. The summed E-state index contributed by atoms with van der Waals surface area (Å²) in [5.74, 6) is 0.0524. The van der Waals surface area contributed by atoms with E-state index in [9.17, 15) is 4.79 Å². The highest BCUT2D eigenvalue weighted by atomic mass is 16.5. The van der Waals surface area contributed by atoms with Gasteiger partial charge in [0.1, 0.15) is 5.60 Å². The molecule has 1 rings (SSSR count). The zero-order valence-corrected chi connectivity index (χ0v) is 9.47. The second-order valence-corrected chi connectivity index (χ2v) is 3.79. The van der Waals surface area contributed by atoms with Gasteiger partial charge in [0.05, 0.1) is 6.61 Å². The number of carbonyl (C=O) groups excluding carboxylic acids is 1. The highest BCUT2D eigenvalue weighted by molar-refractivity contribution is 5.75. The highest BCUT2D eigenvalue weighted by Gasteiger charge is 2.34. The lowest BCUT2D eigenvalue weighted by Gasteiger charge is -2.25. The lowest BCUT2D eigenvalue weighted by molar-refractivity contribution is -0.120. The van der Waals surface area contributed by atoms with Gasteiger partial charge in [0.15, 0.2) is 0 Å². The van der Waals surface area contributed by atoms with E-state index in [1.807, 2.05) is 0 Å². The van der Waals surface area contributed by atoms with Crippen LogP contribution >= 0.6 is 0 Å². The zero-order chi connectivity index (χ0) is 11.1. The number of ether oxygens (including phenoxy) is 2. The number of nitrogens with one attached hydrogen (secondary N) is 2. The molecular weight excluding hydrogens is 196 g/mol. The van der Waals surface area contributed by atoms with Gasteiger partial charge in [-0.15, -0.1) is 0 Å². The van der Waals surface area contributed by atoms with Crippen molar-refractivity contribution < 1.29 is 14.3 Å². The van der Waals surface area contributed by atoms with Crippen LogP contribution in [-0.4, -0.2) is 52.0 Å². The Morgan fingerprint density at radius 2 is 2.40 bits per heavy atom. The Labute approximate surface area is 90.5 Å². The first-order valence-corrected chi connectivity index (χ1v) is 5.27. The van der Waals surface area contributed by atoms with Gasteiger partial charge in [0.25, 0.3) is 0 Å². The molecule has 88 valence electrons. The third-order valence-electron chi connectivity index (χ3n) is 2.75. The van der Waals surface area contributed by atoms with Crippen molar-refractivity contribution in [2.45, 2.75) is 18.4 Å². The van der Waals surface area contributed by atoms with Crippen molar-refractivity contribution in [2.24, 2.45) is 0 Å². The van der Waals surface area contributed by atoms with Crippen LogP contribution in [0, 0.1) is 0 Å². The third-order valence-corrected chi connectivity index (χ3v) is 2.75. The first kappa shape index (κ1) is 12.4. The Kier molecular flexibility index (Phi) is 5.01. The molecule has 0 spiro atoms. The van der Waals surface area contributed by atoms with Gasteiger partial charge >= 0.3 is 0 Å². The van der Waals surface area contributed by atoms with Crippen molar-refractivity contribution in [3.63, 3.8) is 0 Å². The molecule has 1 heterocycles. The number of amides is 1. The average Bonchev–Trinajstić information content (AvgIpc) is 2.73. The minimum absolute atomic E-state index is 0.0524. The molecule has 0 bridgehead atoms. The number of hydrogen-bond donors (Lipinski definition) is 2. The van der Waals surface area contributed by atoms with Gasteiger partial charge in [-0.1, -0.05) is 0 Å². The van der Waals surface area contributed by atoms with Crippen molar-refractivity contribution in [1.29, 1.82) is 0 Å². The smallest absolute Gasteiger partial charge is 0.221 e. The summed E-state index contributed by atoms with van der Waals surface area (Å²) in [7, 11) is 3.35. The summed E-state index contributed by atoms with van der Waals surface area (Å²) in [6, 6.07) is 0. The van der Waals surface area contributed by atoms with Crippen LogP contribution in [0.2, 0.25) is 0 Å². The second-order valence-electron chi connectivity index (χ2n) is 3.79. The van der Waals surface area contributed by atoms with Crippen LogP contribution in [0.3, 0.4) is 0 Å². The van der Waals surface area contributed by atoms with E-state index in [-0.39, 0.29) is 11.5 Å². The maximum Gasteiger partial charge on any atom is 0.221 e. The van der Waals surface area contributed by atoms with E-state index < -0.39 is 0 Å². The molecule has 1 amide bonds. The van der Waals surface area contributed by atoms with E-state index in [1.54, 1.807) is 14.2 Å². The summed E-state index contributed by atoms with van der Waals surface area (Å²) in [5.41, 5.74) is -0.192. The van der Waals surface area contributed by atoms with E-state index in [0.717, 1.165) is 19.6 Å². The fourth-order valence-corrected chi connectivity index (χ4v) is 1.60. The van der Waals surface area contributed by atoms with Crippen LogP contribution in [0.4, 0.5) is 0 Å². The molecule has 1 fully saturated rings. The molecule has 0 radical (unpaired) electrons. The molecule has 5 heteroatoms. The molecule has 0 aromatic heterocycles. The van der Waals surface area contributed by atoms with E-state index in [2.05, 4.69) is 10.6 Å². The monoisotopic (exact) mass is 216 g/mol. The average molecular weight is 216 g/mol. The summed E-state index contributed by atoms with van der Waals surface area (Å²) in [5, 5.41) is 5.80. The Balaban J connectivity index is 2.15. The number of methoxy groups -OCH3 is 1. The minimum Gasteiger partial charge on any atom is -0.378 e. The molecule has 0 aromatic rings. The second kappa shape index (κ2) is 6.05. The predicted molar refractivity (Wildman–Crippen MR) is 56.7 cm³/mol. The molecule has 1 aliphatic rings. The predicted octanol–water partition coefficient (Wildman–Crippen LogP) is -0.482. The lowest BCUT2D eigenvalue weighted by atomic mass is 10.0. The quantitative estimate of drug-likeness (QED) is 0.589. The zero-order valence-electron chi connectivity index (χ0n) is 9.47. The van der Waals surface area contributed by atoms with Crippen molar-refractivity contribution in [1.82, 2.24) is 10.6 Å². The van der Waals surface area contributed by atoms with Crippen LogP contribution in [0.5, 0.6) is 0 Å². The molecule has 1 aliphatic heterocycles. The Bertz CT molecular complexity index is 203. The topological polar surface area (TPSA) is 59.6 Å². The van der Waals surface area contributed by atoms with Gasteiger partial charge < -0.3 is 20.1 Å². The van der Waals surface area contributed by atoms with E-state index in [4.69, 9.17) is 9.47 Å². The normalized spacial score (nSPS) is 25.5. The first-order valence-electron chi connectivity index (χ1n) is 5.27. The first-order chi connectivity index (χ1) is 7.22. The molecule has 5 nitrogen and oxygen atoms in total. The molecule has 1 unspecified atom stereocenters. The summed E-state index contributed by atoms with van der Waals surface area (Å²) < 4.78 is 10.8. The Morgan fingerprint density at radius 1 is 1.60 bits per heavy atom. The molecule has 15 heavy (non-hydrogen) atoms. The number of hydrogen-bond acceptors (Lipinski definition) is 4. The summed E-state index contributed by atoms with van der Waals surface area (Å²) in [6.07, 6.45) is 1.41. The fraction of sp³-hybridized carbons (Fsp3) is 0.900. The molecule has 2 N–H and O–H groups in total. The molecule has 0 aromatic carbocycles. The minimum atomic E-state index is -0.192. The number of rotatable bonds is 6. The van der Waals surface area contributed by atoms with Gasteiger partial charge in [-0.2, -0.15) is 0 Å².